The van der Waals surface area contributed by atoms with Crippen LogP contribution < -0.4 is 10.4 Å². The van der Waals surface area contributed by atoms with Crippen molar-refractivity contribution in [2.45, 2.75) is 64.6 Å². The Morgan fingerprint density at radius 3 is 1.84 bits per heavy atom. The highest BCUT2D eigenvalue weighted by Gasteiger charge is 2.51. The van der Waals surface area contributed by atoms with Gasteiger partial charge in [-0.05, 0) is 104 Å². The molecule has 1 fully saturated rings. The molecule has 0 unspecified atom stereocenters. The van der Waals surface area contributed by atoms with Crippen LogP contribution in [-0.4, -0.2) is 18.3 Å². The second-order valence-electron chi connectivity index (χ2n) is 13.4. The van der Waals surface area contributed by atoms with E-state index >= 15 is 0 Å². The van der Waals surface area contributed by atoms with E-state index in [2.05, 4.69) is 174 Å². The number of allylic oxidation sites excluding steroid dienone is 4. The first-order chi connectivity index (χ1) is 21.0. The van der Waals surface area contributed by atoms with Gasteiger partial charge in [0.1, 0.15) is 0 Å². The quantitative estimate of drug-likeness (QED) is 0.220. The van der Waals surface area contributed by atoms with Crippen LogP contribution in [0.4, 0.5) is 11.4 Å². The molecule has 1 aliphatic heterocycles. The summed E-state index contributed by atoms with van der Waals surface area (Å²) in [5.74, 6) is 0. The van der Waals surface area contributed by atoms with Gasteiger partial charge in [0, 0.05) is 22.5 Å². The lowest BCUT2D eigenvalue weighted by Crippen LogP contribution is -2.41. The van der Waals surface area contributed by atoms with E-state index in [-0.39, 0.29) is 16.6 Å². The Morgan fingerprint density at radius 2 is 1.20 bits per heavy atom. The van der Waals surface area contributed by atoms with Crippen molar-refractivity contribution in [3.8, 4) is 11.1 Å². The Balaban J connectivity index is 1.42. The van der Waals surface area contributed by atoms with Crippen molar-refractivity contribution in [1.29, 1.82) is 0 Å². The lowest BCUT2D eigenvalue weighted by molar-refractivity contribution is 0.00578. The second-order valence-corrected chi connectivity index (χ2v) is 13.4. The van der Waals surface area contributed by atoms with Crippen LogP contribution in [-0.2, 0) is 21.1 Å². The van der Waals surface area contributed by atoms with Gasteiger partial charge in [0.05, 0.1) is 11.2 Å². The standard InChI is InChI=1S/C40H42BNO2/c1-29-28-36(18-13-17-32-16-11-12-19-37(32)38(29,2)3)42(34-24-20-31(21-25-34)30-14-9-8-10-15-30)35-26-22-33(23-27-35)41-43-39(4,5)40(6,7)44-41/h8-16,18-28H,1,17H2,2-7H3/b18-13-,36-28+. The van der Waals surface area contributed by atoms with Crippen molar-refractivity contribution in [2.75, 3.05) is 4.90 Å². The summed E-state index contributed by atoms with van der Waals surface area (Å²) in [5, 5.41) is 0. The number of benzene rings is 4. The van der Waals surface area contributed by atoms with Crippen LogP contribution in [0.3, 0.4) is 0 Å². The Morgan fingerprint density at radius 1 is 0.659 bits per heavy atom. The molecule has 1 heterocycles. The summed E-state index contributed by atoms with van der Waals surface area (Å²) in [6, 6.07) is 36.6. The predicted molar refractivity (Wildman–Crippen MR) is 186 cm³/mol. The summed E-state index contributed by atoms with van der Waals surface area (Å²) in [4.78, 5) is 2.32. The topological polar surface area (TPSA) is 21.7 Å². The molecule has 6 rings (SSSR count). The molecule has 0 aromatic heterocycles. The van der Waals surface area contributed by atoms with Gasteiger partial charge in [-0.2, -0.15) is 0 Å². The minimum Gasteiger partial charge on any atom is -0.399 e. The van der Waals surface area contributed by atoms with Crippen LogP contribution in [0.15, 0.2) is 139 Å². The fraction of sp³-hybridized carbons (Fsp3) is 0.250. The summed E-state index contributed by atoms with van der Waals surface area (Å²) >= 11 is 0. The van der Waals surface area contributed by atoms with Crippen molar-refractivity contribution in [3.63, 3.8) is 0 Å². The molecule has 2 aliphatic rings. The minimum atomic E-state index is -0.407. The smallest absolute Gasteiger partial charge is 0.399 e. The summed E-state index contributed by atoms with van der Waals surface area (Å²) in [7, 11) is -0.407. The van der Waals surface area contributed by atoms with E-state index in [1.807, 2.05) is 0 Å². The van der Waals surface area contributed by atoms with Crippen molar-refractivity contribution < 1.29 is 9.31 Å². The zero-order chi connectivity index (χ0) is 31.1. The van der Waals surface area contributed by atoms with Crippen LogP contribution >= 0.6 is 0 Å². The second kappa shape index (κ2) is 11.4. The molecule has 4 aromatic rings. The van der Waals surface area contributed by atoms with Gasteiger partial charge in [0.15, 0.2) is 0 Å². The van der Waals surface area contributed by atoms with Gasteiger partial charge in [-0.25, -0.2) is 0 Å². The van der Waals surface area contributed by atoms with Crippen LogP contribution in [0.5, 0.6) is 0 Å². The molecule has 4 aromatic carbocycles. The molecule has 0 saturated carbocycles. The van der Waals surface area contributed by atoms with E-state index in [1.165, 1.54) is 22.3 Å². The molecule has 1 aliphatic carbocycles. The molecule has 0 N–H and O–H groups in total. The number of hydrogen-bond donors (Lipinski definition) is 0. The summed E-state index contributed by atoms with van der Waals surface area (Å²) in [5.41, 5.74) is 9.29. The van der Waals surface area contributed by atoms with E-state index in [0.717, 1.165) is 34.5 Å². The maximum absolute atomic E-state index is 6.35. The van der Waals surface area contributed by atoms with Crippen LogP contribution in [0.1, 0.15) is 52.7 Å². The fourth-order valence-corrected chi connectivity index (χ4v) is 5.97. The third kappa shape index (κ3) is 5.61. The van der Waals surface area contributed by atoms with Gasteiger partial charge < -0.3 is 14.2 Å². The third-order valence-corrected chi connectivity index (χ3v) is 9.61. The number of nitrogens with zero attached hydrogens (tertiary/aromatic N) is 1. The maximum Gasteiger partial charge on any atom is 0.494 e. The molecule has 0 bridgehead atoms. The predicted octanol–water partition coefficient (Wildman–Crippen LogP) is 9.32. The van der Waals surface area contributed by atoms with Crippen molar-refractivity contribution in [2.24, 2.45) is 0 Å². The van der Waals surface area contributed by atoms with Gasteiger partial charge in [-0.3, -0.25) is 0 Å². The van der Waals surface area contributed by atoms with E-state index < -0.39 is 7.12 Å². The van der Waals surface area contributed by atoms with Gasteiger partial charge in [-0.1, -0.05) is 105 Å². The summed E-state index contributed by atoms with van der Waals surface area (Å²) < 4.78 is 12.7. The summed E-state index contributed by atoms with van der Waals surface area (Å²) in [6.07, 6.45) is 7.60. The SMILES string of the molecule is C=C1/C=C(N(c2ccc(B3OC(C)(C)C(C)(C)O3)cc2)c2ccc(-c3ccccc3)cc2)\C=C/Cc2ccccc2C1(C)C. The van der Waals surface area contributed by atoms with Gasteiger partial charge in [0.25, 0.3) is 0 Å². The molecule has 0 spiro atoms. The molecule has 222 valence electrons. The highest BCUT2D eigenvalue weighted by molar-refractivity contribution is 6.62. The first kappa shape index (κ1) is 29.9. The molecule has 44 heavy (non-hydrogen) atoms. The minimum absolute atomic E-state index is 0.225. The number of anilines is 2. The maximum atomic E-state index is 6.35. The molecule has 4 heteroatoms. The van der Waals surface area contributed by atoms with Crippen LogP contribution in [0.2, 0.25) is 0 Å². The van der Waals surface area contributed by atoms with E-state index in [1.54, 1.807) is 0 Å². The van der Waals surface area contributed by atoms with E-state index in [4.69, 9.17) is 9.31 Å². The fourth-order valence-electron chi connectivity index (χ4n) is 5.97. The monoisotopic (exact) mass is 579 g/mol. The van der Waals surface area contributed by atoms with Crippen LogP contribution in [0.25, 0.3) is 11.1 Å². The average molecular weight is 580 g/mol. The largest absolute Gasteiger partial charge is 0.494 e. The molecular formula is C40H42BNO2. The molecular weight excluding hydrogens is 537 g/mol. The lowest BCUT2D eigenvalue weighted by atomic mass is 9.75. The Hall–Kier alpha value is -4.12. The number of hydrogen-bond acceptors (Lipinski definition) is 3. The van der Waals surface area contributed by atoms with Crippen molar-refractivity contribution in [3.05, 3.63) is 150 Å². The molecule has 0 atom stereocenters. The van der Waals surface area contributed by atoms with Gasteiger partial charge in [-0.15, -0.1) is 0 Å². The first-order valence-electron chi connectivity index (χ1n) is 15.5. The third-order valence-electron chi connectivity index (χ3n) is 9.61. The molecule has 0 amide bonds. The van der Waals surface area contributed by atoms with Gasteiger partial charge in [0.2, 0.25) is 0 Å². The van der Waals surface area contributed by atoms with Gasteiger partial charge >= 0.3 is 7.12 Å². The number of rotatable bonds is 5. The zero-order valence-electron chi connectivity index (χ0n) is 26.8. The highest BCUT2D eigenvalue weighted by atomic mass is 16.7. The molecule has 0 radical (unpaired) electrons. The zero-order valence-corrected chi connectivity index (χ0v) is 26.8. The highest BCUT2D eigenvalue weighted by Crippen LogP contribution is 2.40. The summed E-state index contributed by atoms with van der Waals surface area (Å²) in [6.45, 7) is 17.5. The molecule has 1 saturated heterocycles. The lowest BCUT2D eigenvalue weighted by Gasteiger charge is -2.32. The first-order valence-corrected chi connectivity index (χ1v) is 15.5. The average Bonchev–Trinajstić information content (AvgIpc) is 3.26. The molecule has 3 nitrogen and oxygen atoms in total. The Labute approximate surface area is 263 Å². The van der Waals surface area contributed by atoms with E-state index in [9.17, 15) is 0 Å². The van der Waals surface area contributed by atoms with E-state index in [0.29, 0.717) is 0 Å². The number of fused-ring (bicyclic) bond motifs is 1. The van der Waals surface area contributed by atoms with Crippen molar-refractivity contribution >= 4 is 24.0 Å². The normalized spacial score (nSPS) is 20.5. The Bertz CT molecular complexity index is 1700. The van der Waals surface area contributed by atoms with Crippen molar-refractivity contribution in [1.82, 2.24) is 0 Å². The Kier molecular flexibility index (Phi) is 7.77. The van der Waals surface area contributed by atoms with Crippen LogP contribution in [0, 0.1) is 0 Å².